The maximum absolute atomic E-state index is 12.7. The molecule has 154 valence electrons. The van der Waals surface area contributed by atoms with Crippen LogP contribution in [0, 0.1) is 5.92 Å². The van der Waals surface area contributed by atoms with Gasteiger partial charge in [0.1, 0.15) is 5.76 Å². The van der Waals surface area contributed by atoms with Gasteiger partial charge < -0.3 is 9.84 Å². The van der Waals surface area contributed by atoms with Gasteiger partial charge in [0.25, 0.3) is 0 Å². The molecule has 1 fully saturated rings. The summed E-state index contributed by atoms with van der Waals surface area (Å²) in [6, 6.07) is 1.75. The second kappa shape index (κ2) is 8.13. The van der Waals surface area contributed by atoms with Crippen molar-refractivity contribution in [3.63, 3.8) is 0 Å². The van der Waals surface area contributed by atoms with Crippen LogP contribution < -0.4 is 5.32 Å². The number of hydrogen-bond acceptors (Lipinski definition) is 6. The zero-order valence-electron chi connectivity index (χ0n) is 17.0. The molecule has 1 N–H and O–H groups in total. The Hall–Kier alpha value is -1.06. The van der Waals surface area contributed by atoms with Crippen molar-refractivity contribution < 1.29 is 17.7 Å². The van der Waals surface area contributed by atoms with E-state index in [4.69, 9.17) is 4.52 Å². The van der Waals surface area contributed by atoms with E-state index < -0.39 is 14.8 Å². The van der Waals surface area contributed by atoms with Crippen LogP contribution in [-0.4, -0.2) is 53.6 Å². The number of piperidine rings is 1. The lowest BCUT2D eigenvalue weighted by molar-refractivity contribution is -0.117. The Morgan fingerprint density at radius 3 is 2.59 bits per heavy atom. The SMILES string of the molecule is CC(C)(SCC1CCCN(S(C)(=O)=O)C1)C(=O)Nc1cc(C(C)(C)C)on1. The molecule has 0 spiro atoms. The third-order valence-corrected chi connectivity index (χ3v) is 7.48. The van der Waals surface area contributed by atoms with E-state index in [0.717, 1.165) is 18.6 Å². The number of carbonyl (C=O) groups excluding carboxylic acids is 1. The highest BCUT2D eigenvalue weighted by atomic mass is 32.2. The molecule has 1 aliphatic heterocycles. The molecule has 7 nitrogen and oxygen atoms in total. The van der Waals surface area contributed by atoms with Crippen molar-refractivity contribution in [3.8, 4) is 0 Å². The summed E-state index contributed by atoms with van der Waals surface area (Å²) in [5, 5.41) is 6.76. The number of sulfonamides is 1. The van der Waals surface area contributed by atoms with E-state index in [9.17, 15) is 13.2 Å². The highest BCUT2D eigenvalue weighted by molar-refractivity contribution is 8.01. The van der Waals surface area contributed by atoms with Crippen molar-refractivity contribution in [3.05, 3.63) is 11.8 Å². The number of aromatic nitrogens is 1. The molecule has 1 saturated heterocycles. The van der Waals surface area contributed by atoms with Crippen molar-refractivity contribution in [2.75, 3.05) is 30.4 Å². The summed E-state index contributed by atoms with van der Waals surface area (Å²) in [5.41, 5.74) is -0.174. The van der Waals surface area contributed by atoms with Gasteiger partial charge in [-0.1, -0.05) is 25.9 Å². The average Bonchev–Trinajstić information content (AvgIpc) is 3.01. The standard InChI is InChI=1S/C18H31N3O4S2/c1-17(2,3)14-10-15(20-25-14)19-16(22)18(4,5)26-12-13-8-7-9-21(11-13)27(6,23)24/h10,13H,7-9,11-12H2,1-6H3,(H,19,20,22). The van der Waals surface area contributed by atoms with E-state index >= 15 is 0 Å². The second-order valence-corrected chi connectivity index (χ2v) is 12.4. The van der Waals surface area contributed by atoms with Gasteiger partial charge in [-0.2, -0.15) is 0 Å². The molecule has 0 bridgehead atoms. The largest absolute Gasteiger partial charge is 0.359 e. The summed E-state index contributed by atoms with van der Waals surface area (Å²) in [6.45, 7) is 10.9. The summed E-state index contributed by atoms with van der Waals surface area (Å²) >= 11 is 1.55. The summed E-state index contributed by atoms with van der Waals surface area (Å²) < 4.78 is 29.7. The third-order valence-electron chi connectivity index (χ3n) is 4.67. The molecule has 0 radical (unpaired) electrons. The number of hydrogen-bond donors (Lipinski definition) is 1. The first-order valence-corrected chi connectivity index (χ1v) is 12.0. The topological polar surface area (TPSA) is 92.5 Å². The molecule has 1 aliphatic rings. The fourth-order valence-electron chi connectivity index (χ4n) is 2.81. The first-order chi connectivity index (χ1) is 12.3. The Labute approximate surface area is 166 Å². The van der Waals surface area contributed by atoms with Crippen LogP contribution in [0.25, 0.3) is 0 Å². The molecule has 27 heavy (non-hydrogen) atoms. The van der Waals surface area contributed by atoms with Crippen LogP contribution in [0.1, 0.15) is 53.2 Å². The van der Waals surface area contributed by atoms with Crippen LogP contribution in [0.2, 0.25) is 0 Å². The lowest BCUT2D eigenvalue weighted by atomic mass is 9.93. The molecule has 1 amide bonds. The van der Waals surface area contributed by atoms with Gasteiger partial charge in [-0.15, -0.1) is 11.8 Å². The Bertz CT molecular complexity index is 766. The van der Waals surface area contributed by atoms with E-state index in [2.05, 4.69) is 10.5 Å². The van der Waals surface area contributed by atoms with Gasteiger partial charge in [-0.05, 0) is 38.4 Å². The van der Waals surface area contributed by atoms with Crippen LogP contribution in [0.3, 0.4) is 0 Å². The summed E-state index contributed by atoms with van der Waals surface area (Å²) in [6.07, 6.45) is 3.10. The van der Waals surface area contributed by atoms with Gasteiger partial charge in [0.15, 0.2) is 5.82 Å². The highest BCUT2D eigenvalue weighted by Crippen LogP contribution is 2.32. The van der Waals surface area contributed by atoms with Crippen molar-refractivity contribution in [2.24, 2.45) is 5.92 Å². The molecular formula is C18H31N3O4S2. The number of amides is 1. The smallest absolute Gasteiger partial charge is 0.241 e. The van der Waals surface area contributed by atoms with Crippen LogP contribution >= 0.6 is 11.8 Å². The predicted molar refractivity (Wildman–Crippen MR) is 110 cm³/mol. The van der Waals surface area contributed by atoms with E-state index in [1.807, 2.05) is 34.6 Å². The van der Waals surface area contributed by atoms with Crippen molar-refractivity contribution >= 4 is 33.5 Å². The lowest BCUT2D eigenvalue weighted by Gasteiger charge is -2.32. The molecule has 9 heteroatoms. The Kier molecular flexibility index (Phi) is 6.69. The van der Waals surface area contributed by atoms with E-state index in [0.29, 0.717) is 24.7 Å². The number of rotatable bonds is 6. The zero-order chi connectivity index (χ0) is 20.5. The molecule has 0 aromatic carbocycles. The fourth-order valence-corrected chi connectivity index (χ4v) is 4.86. The van der Waals surface area contributed by atoms with Crippen LogP contribution in [0.15, 0.2) is 10.6 Å². The number of anilines is 1. The highest BCUT2D eigenvalue weighted by Gasteiger charge is 2.32. The average molecular weight is 418 g/mol. The quantitative estimate of drug-likeness (QED) is 0.765. The molecule has 0 aliphatic carbocycles. The Balaban J connectivity index is 1.91. The molecule has 2 rings (SSSR count). The van der Waals surface area contributed by atoms with Gasteiger partial charge in [0.2, 0.25) is 15.9 Å². The summed E-state index contributed by atoms with van der Waals surface area (Å²) in [4.78, 5) is 12.7. The molecule has 1 atom stereocenters. The number of carbonyl (C=O) groups is 1. The fraction of sp³-hybridized carbons (Fsp3) is 0.778. The van der Waals surface area contributed by atoms with E-state index in [-0.39, 0.29) is 17.2 Å². The number of thioether (sulfide) groups is 1. The first kappa shape index (κ1) is 22.2. The Morgan fingerprint density at radius 1 is 1.37 bits per heavy atom. The first-order valence-electron chi connectivity index (χ1n) is 9.17. The maximum Gasteiger partial charge on any atom is 0.241 e. The maximum atomic E-state index is 12.7. The van der Waals surface area contributed by atoms with Gasteiger partial charge in [-0.25, -0.2) is 12.7 Å². The lowest BCUT2D eigenvalue weighted by Crippen LogP contribution is -2.41. The molecular weight excluding hydrogens is 386 g/mol. The van der Waals surface area contributed by atoms with Crippen LogP contribution in [-0.2, 0) is 20.2 Å². The minimum atomic E-state index is -3.15. The van der Waals surface area contributed by atoms with E-state index in [1.165, 1.54) is 10.6 Å². The monoisotopic (exact) mass is 417 g/mol. The summed E-state index contributed by atoms with van der Waals surface area (Å²) in [5.74, 6) is 1.98. The van der Waals surface area contributed by atoms with Crippen LogP contribution in [0.5, 0.6) is 0 Å². The van der Waals surface area contributed by atoms with E-state index in [1.54, 1.807) is 17.8 Å². The molecule has 0 saturated carbocycles. The normalized spacial score (nSPS) is 19.9. The zero-order valence-corrected chi connectivity index (χ0v) is 18.7. The van der Waals surface area contributed by atoms with Crippen molar-refractivity contribution in [1.82, 2.24) is 9.46 Å². The van der Waals surface area contributed by atoms with Crippen molar-refractivity contribution in [1.29, 1.82) is 0 Å². The third kappa shape index (κ3) is 6.22. The van der Waals surface area contributed by atoms with Crippen molar-refractivity contribution in [2.45, 2.75) is 57.6 Å². The number of nitrogens with one attached hydrogen (secondary N) is 1. The molecule has 1 aromatic rings. The van der Waals surface area contributed by atoms with Gasteiger partial charge >= 0.3 is 0 Å². The van der Waals surface area contributed by atoms with Gasteiger partial charge in [0, 0.05) is 24.6 Å². The minimum Gasteiger partial charge on any atom is -0.359 e. The van der Waals surface area contributed by atoms with Gasteiger partial charge in [0.05, 0.1) is 11.0 Å². The van der Waals surface area contributed by atoms with Gasteiger partial charge in [-0.3, -0.25) is 4.79 Å². The van der Waals surface area contributed by atoms with Crippen LogP contribution in [0.4, 0.5) is 5.82 Å². The second-order valence-electron chi connectivity index (χ2n) is 8.73. The summed E-state index contributed by atoms with van der Waals surface area (Å²) in [7, 11) is -3.15. The predicted octanol–water partition coefficient (Wildman–Crippen LogP) is 3.09. The minimum absolute atomic E-state index is 0.142. The molecule has 2 heterocycles. The Morgan fingerprint density at radius 2 is 2.04 bits per heavy atom. The number of nitrogens with zero attached hydrogens (tertiary/aromatic N) is 2. The molecule has 1 aromatic heterocycles. The molecule has 1 unspecified atom stereocenters.